The second-order valence-electron chi connectivity index (χ2n) is 7.07. The van der Waals surface area contributed by atoms with Gasteiger partial charge in [0.1, 0.15) is 0 Å². The van der Waals surface area contributed by atoms with E-state index in [-0.39, 0.29) is 11.7 Å². The SMILES string of the molecule is O=c1[nH]c2ccccc2n1C1CCN(Cc2nnc(-c3cccnc3)o2)CC1. The molecule has 4 aromatic rings. The number of rotatable bonds is 4. The summed E-state index contributed by atoms with van der Waals surface area (Å²) in [7, 11) is 0. The first-order valence-corrected chi connectivity index (χ1v) is 9.42. The summed E-state index contributed by atoms with van der Waals surface area (Å²) in [6.45, 7) is 2.37. The highest BCUT2D eigenvalue weighted by atomic mass is 16.4. The number of nitrogens with zero attached hydrogens (tertiary/aromatic N) is 5. The fourth-order valence-electron chi connectivity index (χ4n) is 3.89. The van der Waals surface area contributed by atoms with E-state index in [1.165, 1.54) is 0 Å². The van der Waals surface area contributed by atoms with Crippen LogP contribution in [-0.2, 0) is 6.54 Å². The first kappa shape index (κ1) is 16.9. The van der Waals surface area contributed by atoms with Crippen molar-refractivity contribution in [3.05, 3.63) is 65.2 Å². The minimum Gasteiger partial charge on any atom is -0.419 e. The van der Waals surface area contributed by atoms with Gasteiger partial charge in [0.05, 0.1) is 23.1 Å². The number of piperidine rings is 1. The summed E-state index contributed by atoms with van der Waals surface area (Å²) in [5.41, 5.74) is 2.66. The summed E-state index contributed by atoms with van der Waals surface area (Å²) < 4.78 is 7.69. The van der Waals surface area contributed by atoms with Gasteiger partial charge in [-0.2, -0.15) is 0 Å². The Bertz CT molecular complexity index is 1140. The molecule has 1 fully saturated rings. The Labute approximate surface area is 160 Å². The van der Waals surface area contributed by atoms with Crippen LogP contribution in [0.15, 0.2) is 58.0 Å². The molecule has 1 saturated heterocycles. The van der Waals surface area contributed by atoms with Gasteiger partial charge in [0.15, 0.2) is 0 Å². The van der Waals surface area contributed by atoms with Crippen molar-refractivity contribution in [2.45, 2.75) is 25.4 Å². The molecule has 5 rings (SSSR count). The molecule has 4 heterocycles. The minimum absolute atomic E-state index is 0.0299. The van der Waals surface area contributed by atoms with E-state index in [1.807, 2.05) is 41.0 Å². The normalized spacial score (nSPS) is 16.0. The summed E-state index contributed by atoms with van der Waals surface area (Å²) in [5, 5.41) is 8.28. The first-order chi connectivity index (χ1) is 13.8. The summed E-state index contributed by atoms with van der Waals surface area (Å²) in [6, 6.07) is 11.8. The van der Waals surface area contributed by atoms with Crippen molar-refractivity contribution >= 4 is 11.0 Å². The number of para-hydroxylation sites is 2. The van der Waals surface area contributed by atoms with Crippen LogP contribution in [0.1, 0.15) is 24.8 Å². The molecule has 0 amide bonds. The maximum atomic E-state index is 12.4. The molecular weight excluding hydrogens is 356 g/mol. The number of pyridine rings is 1. The minimum atomic E-state index is -0.0299. The van der Waals surface area contributed by atoms with Gasteiger partial charge in [-0.05, 0) is 37.1 Å². The maximum absolute atomic E-state index is 12.4. The van der Waals surface area contributed by atoms with Crippen LogP contribution in [0.2, 0.25) is 0 Å². The molecule has 1 N–H and O–H groups in total. The van der Waals surface area contributed by atoms with Crippen molar-refractivity contribution in [3.63, 3.8) is 0 Å². The number of aromatic nitrogens is 5. The topological polar surface area (TPSA) is 92.8 Å². The highest BCUT2D eigenvalue weighted by molar-refractivity contribution is 5.75. The van der Waals surface area contributed by atoms with Crippen LogP contribution in [0, 0.1) is 0 Å². The number of benzene rings is 1. The molecule has 8 nitrogen and oxygen atoms in total. The van der Waals surface area contributed by atoms with Gasteiger partial charge in [0.2, 0.25) is 11.8 Å². The van der Waals surface area contributed by atoms with Gasteiger partial charge in [-0.25, -0.2) is 4.79 Å². The van der Waals surface area contributed by atoms with Crippen molar-refractivity contribution in [1.82, 2.24) is 29.6 Å². The molecule has 28 heavy (non-hydrogen) atoms. The number of aromatic amines is 1. The monoisotopic (exact) mass is 376 g/mol. The lowest BCUT2D eigenvalue weighted by Gasteiger charge is -2.31. The molecule has 0 spiro atoms. The summed E-state index contributed by atoms with van der Waals surface area (Å²) in [4.78, 5) is 21.7. The Morgan fingerprint density at radius 1 is 1.11 bits per heavy atom. The van der Waals surface area contributed by atoms with Gasteiger partial charge in [-0.1, -0.05) is 12.1 Å². The van der Waals surface area contributed by atoms with Crippen LogP contribution in [0.25, 0.3) is 22.5 Å². The maximum Gasteiger partial charge on any atom is 0.326 e. The number of nitrogens with one attached hydrogen (secondary N) is 1. The molecule has 142 valence electrons. The number of imidazole rings is 1. The zero-order chi connectivity index (χ0) is 18.9. The van der Waals surface area contributed by atoms with E-state index in [0.29, 0.717) is 18.3 Å². The number of hydrogen-bond donors (Lipinski definition) is 1. The Morgan fingerprint density at radius 2 is 1.96 bits per heavy atom. The van der Waals surface area contributed by atoms with Gasteiger partial charge in [0.25, 0.3) is 0 Å². The zero-order valence-electron chi connectivity index (χ0n) is 15.3. The molecule has 0 aliphatic carbocycles. The molecule has 0 radical (unpaired) electrons. The molecule has 0 saturated carbocycles. The molecular formula is C20H20N6O2. The van der Waals surface area contributed by atoms with Crippen LogP contribution in [0.5, 0.6) is 0 Å². The summed E-state index contributed by atoms with van der Waals surface area (Å²) in [5.74, 6) is 1.09. The van der Waals surface area contributed by atoms with E-state index < -0.39 is 0 Å². The quantitative estimate of drug-likeness (QED) is 0.589. The van der Waals surface area contributed by atoms with Gasteiger partial charge >= 0.3 is 5.69 Å². The van der Waals surface area contributed by atoms with Crippen LogP contribution < -0.4 is 5.69 Å². The number of fused-ring (bicyclic) bond motifs is 1. The van der Waals surface area contributed by atoms with E-state index in [0.717, 1.165) is 42.5 Å². The highest BCUT2D eigenvalue weighted by Crippen LogP contribution is 2.26. The second-order valence-corrected chi connectivity index (χ2v) is 7.07. The fourth-order valence-corrected chi connectivity index (χ4v) is 3.89. The molecule has 0 unspecified atom stereocenters. The van der Waals surface area contributed by atoms with Crippen LogP contribution in [0.3, 0.4) is 0 Å². The lowest BCUT2D eigenvalue weighted by molar-refractivity contribution is 0.167. The predicted octanol–water partition coefficient (Wildman–Crippen LogP) is 2.61. The third kappa shape index (κ3) is 3.11. The molecule has 1 aliphatic heterocycles. The van der Waals surface area contributed by atoms with Crippen molar-refractivity contribution in [2.24, 2.45) is 0 Å². The Balaban J connectivity index is 1.26. The average molecular weight is 376 g/mol. The van der Waals surface area contributed by atoms with Gasteiger partial charge < -0.3 is 9.40 Å². The van der Waals surface area contributed by atoms with Gasteiger partial charge in [0, 0.05) is 31.5 Å². The van der Waals surface area contributed by atoms with E-state index in [1.54, 1.807) is 12.4 Å². The zero-order valence-corrected chi connectivity index (χ0v) is 15.3. The molecule has 0 atom stereocenters. The van der Waals surface area contributed by atoms with E-state index in [2.05, 4.69) is 25.1 Å². The predicted molar refractivity (Wildman–Crippen MR) is 104 cm³/mol. The van der Waals surface area contributed by atoms with Gasteiger partial charge in [-0.15, -0.1) is 10.2 Å². The molecule has 1 aliphatic rings. The standard InChI is InChI=1S/C20H20N6O2/c27-20-22-16-5-1-2-6-17(16)26(20)15-7-10-25(11-8-15)13-18-23-24-19(28-18)14-4-3-9-21-12-14/h1-6,9,12,15H,7-8,10-11,13H2,(H,22,27). The fraction of sp³-hybridized carbons (Fsp3) is 0.300. The van der Waals surface area contributed by atoms with E-state index >= 15 is 0 Å². The third-order valence-electron chi connectivity index (χ3n) is 5.28. The van der Waals surface area contributed by atoms with E-state index in [4.69, 9.17) is 4.42 Å². The van der Waals surface area contributed by atoms with Crippen LogP contribution in [-0.4, -0.2) is 42.7 Å². The number of hydrogen-bond acceptors (Lipinski definition) is 6. The van der Waals surface area contributed by atoms with Crippen molar-refractivity contribution < 1.29 is 4.42 Å². The molecule has 3 aromatic heterocycles. The van der Waals surface area contributed by atoms with Crippen LogP contribution >= 0.6 is 0 Å². The number of H-pyrrole nitrogens is 1. The van der Waals surface area contributed by atoms with Crippen molar-refractivity contribution in [2.75, 3.05) is 13.1 Å². The highest BCUT2D eigenvalue weighted by Gasteiger charge is 2.24. The molecule has 1 aromatic carbocycles. The Kier molecular flexibility index (Phi) is 4.25. The number of likely N-dealkylation sites (tertiary alicyclic amines) is 1. The average Bonchev–Trinajstić information content (AvgIpc) is 3.33. The Hall–Kier alpha value is -3.26. The lowest BCUT2D eigenvalue weighted by atomic mass is 10.0. The first-order valence-electron chi connectivity index (χ1n) is 9.42. The third-order valence-corrected chi connectivity index (χ3v) is 5.28. The lowest BCUT2D eigenvalue weighted by Crippen LogP contribution is -2.36. The van der Waals surface area contributed by atoms with Gasteiger partial charge in [-0.3, -0.25) is 14.5 Å². The van der Waals surface area contributed by atoms with Crippen LogP contribution in [0.4, 0.5) is 0 Å². The Morgan fingerprint density at radius 3 is 2.79 bits per heavy atom. The largest absolute Gasteiger partial charge is 0.419 e. The summed E-state index contributed by atoms with van der Waals surface area (Å²) >= 11 is 0. The second kappa shape index (κ2) is 7.05. The van der Waals surface area contributed by atoms with Crippen molar-refractivity contribution in [3.8, 4) is 11.5 Å². The summed E-state index contributed by atoms with van der Waals surface area (Å²) in [6.07, 6.45) is 5.24. The van der Waals surface area contributed by atoms with Crippen molar-refractivity contribution in [1.29, 1.82) is 0 Å². The smallest absolute Gasteiger partial charge is 0.326 e. The molecule has 0 bridgehead atoms. The van der Waals surface area contributed by atoms with E-state index in [9.17, 15) is 4.79 Å². The molecule has 8 heteroatoms.